The molecule has 13 nitrogen and oxygen atoms in total. The lowest BCUT2D eigenvalue weighted by atomic mass is 9.87. The lowest BCUT2D eigenvalue weighted by Crippen LogP contribution is -2.47. The van der Waals surface area contributed by atoms with Gasteiger partial charge in [-0.1, -0.05) is 57.0 Å². The van der Waals surface area contributed by atoms with E-state index < -0.39 is 71.9 Å². The van der Waals surface area contributed by atoms with E-state index in [0.717, 1.165) is 18.4 Å². The van der Waals surface area contributed by atoms with E-state index in [-0.39, 0.29) is 30.2 Å². The number of carboxylic acids is 1. The van der Waals surface area contributed by atoms with Gasteiger partial charge >= 0.3 is 23.9 Å². The van der Waals surface area contributed by atoms with Crippen LogP contribution < -0.4 is 14.8 Å². The Balaban J connectivity index is 1.57. The third-order valence-electron chi connectivity index (χ3n) is 8.28. The molecule has 0 unspecified atom stereocenters. The van der Waals surface area contributed by atoms with Gasteiger partial charge in [0.1, 0.15) is 30.7 Å². The summed E-state index contributed by atoms with van der Waals surface area (Å²) in [6, 6.07) is 9.05. The third-order valence-corrected chi connectivity index (χ3v) is 8.28. The molecule has 0 spiro atoms. The van der Waals surface area contributed by atoms with Crippen molar-refractivity contribution in [3.05, 3.63) is 53.9 Å². The number of aromatic nitrogens is 1. The summed E-state index contributed by atoms with van der Waals surface area (Å²) in [6.45, 7) is 4.00. The smallest absolute Gasteiger partial charge is 0.332 e. The second-order valence-corrected chi connectivity index (χ2v) is 11.9. The fraction of sp³-hybridized carbons (Fsp3) is 0.515. The van der Waals surface area contributed by atoms with E-state index in [1.807, 2.05) is 18.2 Å². The molecule has 2 fully saturated rings. The number of cyclic esters (lactones) is 2. The summed E-state index contributed by atoms with van der Waals surface area (Å²) in [6.07, 6.45) is 1.50. The van der Waals surface area contributed by atoms with Gasteiger partial charge in [-0.3, -0.25) is 19.2 Å². The predicted octanol–water partition coefficient (Wildman–Crippen LogP) is 3.13. The molecule has 1 aliphatic heterocycles. The van der Waals surface area contributed by atoms with Crippen LogP contribution in [0, 0.1) is 17.3 Å². The predicted molar refractivity (Wildman–Crippen MR) is 161 cm³/mol. The summed E-state index contributed by atoms with van der Waals surface area (Å²) in [5.41, 5.74) is -0.612. The molecule has 1 saturated heterocycles. The summed E-state index contributed by atoms with van der Waals surface area (Å²) in [5.74, 6) is -5.61. The number of amides is 1. The van der Waals surface area contributed by atoms with Crippen LogP contribution in [0.25, 0.3) is 0 Å². The first-order valence-electron chi connectivity index (χ1n) is 15.3. The van der Waals surface area contributed by atoms with E-state index in [2.05, 4.69) is 10.3 Å². The zero-order chi connectivity index (χ0) is 33.4. The van der Waals surface area contributed by atoms with Gasteiger partial charge in [-0.25, -0.2) is 9.78 Å². The van der Waals surface area contributed by atoms with E-state index in [4.69, 9.17) is 23.7 Å². The van der Waals surface area contributed by atoms with Gasteiger partial charge in [0, 0.05) is 12.3 Å². The van der Waals surface area contributed by atoms with Crippen LogP contribution in [-0.2, 0) is 39.8 Å². The molecular formula is C33H40N2O11. The SMILES string of the molecule is COc1ccnc(C(=O)N[C@H]2COC(=O)[C@H](Cc3ccccc3)[C@@H](OC(=O)C(C)C)[C@H](C)OC2=O)c1OCC1(C(=O)O)CCCC1. The second-order valence-electron chi connectivity index (χ2n) is 11.9. The van der Waals surface area contributed by atoms with Gasteiger partial charge in [-0.15, -0.1) is 0 Å². The number of nitrogens with one attached hydrogen (secondary N) is 1. The van der Waals surface area contributed by atoms with E-state index in [9.17, 15) is 29.1 Å². The van der Waals surface area contributed by atoms with Gasteiger partial charge in [-0.2, -0.15) is 0 Å². The minimum atomic E-state index is -1.46. The summed E-state index contributed by atoms with van der Waals surface area (Å²) in [4.78, 5) is 69.2. The molecule has 2 aromatic rings. The molecule has 13 heteroatoms. The molecule has 4 atom stereocenters. The largest absolute Gasteiger partial charge is 0.493 e. The maximum atomic E-state index is 13.6. The van der Waals surface area contributed by atoms with Crippen LogP contribution in [0.4, 0.5) is 0 Å². The van der Waals surface area contributed by atoms with Crippen LogP contribution in [0.15, 0.2) is 42.6 Å². The van der Waals surface area contributed by atoms with Crippen molar-refractivity contribution in [2.45, 2.75) is 71.1 Å². The fourth-order valence-electron chi connectivity index (χ4n) is 5.55. The van der Waals surface area contributed by atoms with Crippen LogP contribution >= 0.6 is 0 Å². The normalized spacial score (nSPS) is 22.8. The highest BCUT2D eigenvalue weighted by atomic mass is 16.6. The fourth-order valence-corrected chi connectivity index (χ4v) is 5.55. The van der Waals surface area contributed by atoms with Crippen LogP contribution in [0.1, 0.15) is 62.5 Å². The maximum Gasteiger partial charge on any atom is 0.332 e. The first-order chi connectivity index (χ1) is 22.0. The first kappa shape index (κ1) is 34.2. The standard InChI is InChI=1S/C33H40N2O11/c1-19(2)29(37)46-26-20(3)45-31(39)23(17-43-30(38)22(26)16-21-10-6-5-7-11-21)35-28(36)25-27(24(42-4)12-15-34-25)44-18-33(32(40)41)13-8-9-14-33/h5-7,10-12,15,19-20,22-23,26H,8-9,13-14,16-18H2,1-4H3,(H,35,36)(H,40,41)/t20-,22+,23-,26-/m0/s1. The van der Waals surface area contributed by atoms with E-state index >= 15 is 0 Å². The van der Waals surface area contributed by atoms with Crippen LogP contribution in [0.3, 0.4) is 0 Å². The molecule has 1 aromatic heterocycles. The number of carbonyl (C=O) groups is 5. The number of hydrogen-bond acceptors (Lipinski definition) is 11. The number of hydrogen-bond donors (Lipinski definition) is 2. The second kappa shape index (κ2) is 15.1. The number of aliphatic carboxylic acids is 1. The Labute approximate surface area is 266 Å². The Hall–Kier alpha value is -4.68. The molecule has 2 aliphatic rings. The first-order valence-corrected chi connectivity index (χ1v) is 15.3. The van der Waals surface area contributed by atoms with Gasteiger partial charge < -0.3 is 34.1 Å². The van der Waals surface area contributed by atoms with Crippen molar-refractivity contribution in [2.24, 2.45) is 17.3 Å². The number of benzene rings is 1. The van der Waals surface area contributed by atoms with Crippen LogP contribution in [0.5, 0.6) is 11.5 Å². The van der Waals surface area contributed by atoms with Gasteiger partial charge in [0.05, 0.1) is 13.0 Å². The number of methoxy groups -OCH3 is 1. The maximum absolute atomic E-state index is 13.6. The Kier molecular flexibility index (Phi) is 11.2. The van der Waals surface area contributed by atoms with Crippen LogP contribution in [-0.4, -0.2) is 78.4 Å². The Bertz CT molecular complexity index is 1420. The van der Waals surface area contributed by atoms with Crippen molar-refractivity contribution in [1.29, 1.82) is 0 Å². The number of pyridine rings is 1. The van der Waals surface area contributed by atoms with Gasteiger partial charge in [-0.05, 0) is 31.7 Å². The molecule has 4 rings (SSSR count). The lowest BCUT2D eigenvalue weighted by molar-refractivity contribution is -0.176. The summed E-state index contributed by atoms with van der Waals surface area (Å²) < 4.78 is 28.1. The molecule has 1 saturated carbocycles. The number of carbonyl (C=O) groups excluding carboxylic acids is 4. The molecule has 1 aromatic carbocycles. The molecule has 0 radical (unpaired) electrons. The van der Waals surface area contributed by atoms with E-state index in [1.165, 1.54) is 26.3 Å². The topological polar surface area (TPSA) is 177 Å². The average molecular weight is 641 g/mol. The molecule has 0 bridgehead atoms. The Morgan fingerprint density at radius 1 is 1.09 bits per heavy atom. The lowest BCUT2D eigenvalue weighted by Gasteiger charge is -2.29. The molecule has 1 aliphatic carbocycles. The highest BCUT2D eigenvalue weighted by Crippen LogP contribution is 2.40. The summed E-state index contributed by atoms with van der Waals surface area (Å²) in [5, 5.41) is 12.4. The summed E-state index contributed by atoms with van der Waals surface area (Å²) in [7, 11) is 1.36. The average Bonchev–Trinajstić information content (AvgIpc) is 3.54. The van der Waals surface area contributed by atoms with Crippen molar-refractivity contribution >= 4 is 29.8 Å². The minimum Gasteiger partial charge on any atom is -0.493 e. The van der Waals surface area contributed by atoms with E-state index in [1.54, 1.807) is 26.0 Å². The quantitative estimate of drug-likeness (QED) is 0.271. The Morgan fingerprint density at radius 3 is 2.41 bits per heavy atom. The molecule has 2 heterocycles. The number of nitrogens with zero attached hydrogens (tertiary/aromatic N) is 1. The van der Waals surface area contributed by atoms with Crippen molar-refractivity contribution in [3.8, 4) is 11.5 Å². The highest BCUT2D eigenvalue weighted by molar-refractivity contribution is 5.98. The van der Waals surface area contributed by atoms with Gasteiger partial charge in [0.25, 0.3) is 5.91 Å². The zero-order valence-corrected chi connectivity index (χ0v) is 26.4. The number of carboxylic acid groups (broad SMARTS) is 1. The van der Waals surface area contributed by atoms with Gasteiger partial charge in [0.15, 0.2) is 29.3 Å². The Morgan fingerprint density at radius 2 is 1.78 bits per heavy atom. The minimum absolute atomic E-state index is 0.0968. The monoisotopic (exact) mass is 640 g/mol. The van der Waals surface area contributed by atoms with Crippen molar-refractivity contribution in [3.63, 3.8) is 0 Å². The number of rotatable bonds is 11. The molecular weight excluding hydrogens is 600 g/mol. The molecule has 248 valence electrons. The molecule has 1 amide bonds. The molecule has 46 heavy (non-hydrogen) atoms. The van der Waals surface area contributed by atoms with Crippen LogP contribution in [0.2, 0.25) is 0 Å². The molecule has 2 N–H and O–H groups in total. The number of esters is 3. The third kappa shape index (κ3) is 7.93. The van der Waals surface area contributed by atoms with Gasteiger partial charge in [0.2, 0.25) is 0 Å². The zero-order valence-electron chi connectivity index (χ0n) is 26.4. The van der Waals surface area contributed by atoms with Crippen molar-refractivity contribution in [2.75, 3.05) is 20.3 Å². The highest BCUT2D eigenvalue weighted by Gasteiger charge is 2.44. The number of ether oxygens (including phenoxy) is 5. The van der Waals surface area contributed by atoms with E-state index in [0.29, 0.717) is 12.8 Å². The van der Waals surface area contributed by atoms with Crippen molar-refractivity contribution < 1.29 is 52.8 Å². The van der Waals surface area contributed by atoms with Crippen molar-refractivity contribution in [1.82, 2.24) is 10.3 Å². The summed E-state index contributed by atoms with van der Waals surface area (Å²) >= 11 is 0.